The van der Waals surface area contributed by atoms with Gasteiger partial charge in [0.15, 0.2) is 5.13 Å². The summed E-state index contributed by atoms with van der Waals surface area (Å²) in [6.07, 6.45) is 0.0550. The van der Waals surface area contributed by atoms with Crippen LogP contribution in [0.2, 0.25) is 0 Å². The molecule has 4 rings (SSSR count). The van der Waals surface area contributed by atoms with Crippen molar-refractivity contribution < 1.29 is 14.5 Å². The molecule has 0 spiro atoms. The highest BCUT2D eigenvalue weighted by Crippen LogP contribution is 2.30. The van der Waals surface area contributed by atoms with Gasteiger partial charge in [0.05, 0.1) is 26.7 Å². The number of rotatable bonds is 4. The Morgan fingerprint density at radius 1 is 1.26 bits per heavy atom. The molecule has 8 nitrogen and oxygen atoms in total. The number of non-ortho nitro benzene ring substituents is 1. The Kier molecular flexibility index (Phi) is 4.28. The Morgan fingerprint density at radius 3 is 2.85 bits per heavy atom. The van der Waals surface area contributed by atoms with Crippen molar-refractivity contribution in [2.45, 2.75) is 6.42 Å². The molecule has 2 aromatic carbocycles. The molecule has 27 heavy (non-hydrogen) atoms. The van der Waals surface area contributed by atoms with Crippen molar-refractivity contribution in [1.29, 1.82) is 0 Å². The predicted molar refractivity (Wildman–Crippen MR) is 102 cm³/mol. The van der Waals surface area contributed by atoms with Crippen LogP contribution in [0.25, 0.3) is 10.2 Å². The molecule has 1 N–H and O–H groups in total. The minimum atomic E-state index is -0.538. The molecule has 9 heteroatoms. The zero-order valence-electron chi connectivity index (χ0n) is 14.0. The van der Waals surface area contributed by atoms with Crippen LogP contribution >= 0.6 is 11.3 Å². The molecule has 1 aliphatic heterocycles. The molecular formula is C18H14N4O4S. The largest absolute Gasteiger partial charge is 0.311 e. The van der Waals surface area contributed by atoms with Gasteiger partial charge in [0.2, 0.25) is 11.8 Å². The summed E-state index contributed by atoms with van der Waals surface area (Å²) in [6.45, 7) is 0.177. The second-order valence-electron chi connectivity index (χ2n) is 6.16. The van der Waals surface area contributed by atoms with Crippen molar-refractivity contribution >= 4 is 49.9 Å². The lowest BCUT2D eigenvalue weighted by atomic mass is 10.1. The number of fused-ring (bicyclic) bond motifs is 1. The smallest absolute Gasteiger partial charge is 0.271 e. The molecule has 1 unspecified atom stereocenters. The van der Waals surface area contributed by atoms with E-state index in [0.717, 1.165) is 10.2 Å². The third kappa shape index (κ3) is 3.36. The van der Waals surface area contributed by atoms with Gasteiger partial charge in [0.1, 0.15) is 0 Å². The number of hydrogen-bond acceptors (Lipinski definition) is 6. The van der Waals surface area contributed by atoms with Crippen molar-refractivity contribution in [3.63, 3.8) is 0 Å². The number of para-hydroxylation sites is 1. The van der Waals surface area contributed by atoms with E-state index in [9.17, 15) is 19.7 Å². The fourth-order valence-electron chi connectivity index (χ4n) is 3.04. The first-order valence-electron chi connectivity index (χ1n) is 8.22. The number of anilines is 2. The lowest BCUT2D eigenvalue weighted by molar-refractivity contribution is -0.384. The molecule has 1 atom stereocenters. The van der Waals surface area contributed by atoms with Crippen LogP contribution in [-0.4, -0.2) is 28.3 Å². The van der Waals surface area contributed by atoms with Crippen LogP contribution in [0.3, 0.4) is 0 Å². The van der Waals surface area contributed by atoms with Gasteiger partial charge in [0.25, 0.3) is 5.69 Å². The fraction of sp³-hybridized carbons (Fsp3) is 0.167. The van der Waals surface area contributed by atoms with Crippen molar-refractivity contribution in [3.05, 3.63) is 58.6 Å². The molecule has 0 radical (unpaired) electrons. The maximum Gasteiger partial charge on any atom is 0.271 e. The number of nitro benzene ring substituents is 1. The number of carbonyl (C=O) groups excluding carboxylic acids is 2. The van der Waals surface area contributed by atoms with Crippen molar-refractivity contribution in [1.82, 2.24) is 4.98 Å². The van der Waals surface area contributed by atoms with E-state index in [-0.39, 0.29) is 30.5 Å². The van der Waals surface area contributed by atoms with Gasteiger partial charge in [0, 0.05) is 25.1 Å². The topological polar surface area (TPSA) is 105 Å². The maximum atomic E-state index is 12.6. The highest BCUT2D eigenvalue weighted by molar-refractivity contribution is 7.22. The van der Waals surface area contributed by atoms with E-state index >= 15 is 0 Å². The van der Waals surface area contributed by atoms with E-state index in [4.69, 9.17) is 0 Å². The third-order valence-corrected chi connectivity index (χ3v) is 5.32. The van der Waals surface area contributed by atoms with Gasteiger partial charge in [-0.15, -0.1) is 0 Å². The second kappa shape index (κ2) is 6.76. The van der Waals surface area contributed by atoms with E-state index in [1.165, 1.54) is 34.4 Å². The van der Waals surface area contributed by atoms with Crippen LogP contribution in [0.1, 0.15) is 6.42 Å². The number of carbonyl (C=O) groups is 2. The Bertz CT molecular complexity index is 1030. The maximum absolute atomic E-state index is 12.6. The van der Waals surface area contributed by atoms with Crippen molar-refractivity contribution in [3.8, 4) is 0 Å². The Labute approximate surface area is 157 Å². The summed E-state index contributed by atoms with van der Waals surface area (Å²) >= 11 is 1.37. The van der Waals surface area contributed by atoms with E-state index in [2.05, 4.69) is 10.3 Å². The summed E-state index contributed by atoms with van der Waals surface area (Å²) < 4.78 is 0.966. The summed E-state index contributed by atoms with van der Waals surface area (Å²) in [5, 5.41) is 14.2. The predicted octanol–water partition coefficient (Wildman–Crippen LogP) is 3.20. The number of nitro groups is 1. The number of nitrogens with zero attached hydrogens (tertiary/aromatic N) is 3. The lowest BCUT2D eigenvalue weighted by Crippen LogP contribution is -2.28. The molecule has 1 aromatic heterocycles. The number of hydrogen-bond donors (Lipinski definition) is 1. The minimum absolute atomic E-state index is 0.0550. The Hall–Kier alpha value is -3.33. The molecule has 0 bridgehead atoms. The van der Waals surface area contributed by atoms with E-state index in [1.54, 1.807) is 6.07 Å². The molecule has 2 heterocycles. The van der Waals surface area contributed by atoms with E-state index < -0.39 is 10.8 Å². The highest BCUT2D eigenvalue weighted by atomic mass is 32.1. The van der Waals surface area contributed by atoms with Crippen LogP contribution < -0.4 is 10.2 Å². The van der Waals surface area contributed by atoms with Gasteiger partial charge < -0.3 is 10.2 Å². The minimum Gasteiger partial charge on any atom is -0.311 e. The normalized spacial score (nSPS) is 16.7. The summed E-state index contributed by atoms with van der Waals surface area (Å²) in [6, 6.07) is 13.4. The Balaban J connectivity index is 1.49. The van der Waals surface area contributed by atoms with E-state index in [0.29, 0.717) is 10.8 Å². The third-order valence-electron chi connectivity index (χ3n) is 4.37. The molecule has 0 saturated carbocycles. The van der Waals surface area contributed by atoms with Crippen molar-refractivity contribution in [2.75, 3.05) is 16.8 Å². The SMILES string of the molecule is O=C(Nc1nc2ccccc2s1)C1CC(=O)N(c2cccc([N+](=O)[O-])c2)C1. The number of thiazole rings is 1. The van der Waals surface area contributed by atoms with E-state index in [1.807, 2.05) is 24.3 Å². The molecule has 3 aromatic rings. The van der Waals surface area contributed by atoms with Gasteiger partial charge in [-0.2, -0.15) is 0 Å². The molecule has 2 amide bonds. The first-order valence-corrected chi connectivity index (χ1v) is 9.04. The molecule has 0 aliphatic carbocycles. The van der Waals surface area contributed by atoms with Gasteiger partial charge in [-0.1, -0.05) is 29.5 Å². The van der Waals surface area contributed by atoms with Gasteiger partial charge >= 0.3 is 0 Å². The second-order valence-corrected chi connectivity index (χ2v) is 7.19. The van der Waals surface area contributed by atoms with Gasteiger partial charge in [-0.05, 0) is 18.2 Å². The molecular weight excluding hydrogens is 368 g/mol. The highest BCUT2D eigenvalue weighted by Gasteiger charge is 2.35. The van der Waals surface area contributed by atoms with Crippen LogP contribution in [0.4, 0.5) is 16.5 Å². The zero-order valence-corrected chi connectivity index (χ0v) is 14.8. The van der Waals surface area contributed by atoms with Crippen LogP contribution in [0.5, 0.6) is 0 Å². The first kappa shape index (κ1) is 17.1. The quantitative estimate of drug-likeness (QED) is 0.551. The van der Waals surface area contributed by atoms with Gasteiger partial charge in [-0.3, -0.25) is 19.7 Å². The van der Waals surface area contributed by atoms with Gasteiger partial charge in [-0.25, -0.2) is 4.98 Å². The number of amides is 2. The standard InChI is InChI=1S/C18H14N4O4S/c23-16-8-11(10-21(16)12-4-3-5-13(9-12)22(25)26)17(24)20-18-19-14-6-1-2-7-15(14)27-18/h1-7,9,11H,8,10H2,(H,19,20,24). The van der Waals surface area contributed by atoms with Crippen molar-refractivity contribution in [2.24, 2.45) is 5.92 Å². The summed E-state index contributed by atoms with van der Waals surface area (Å²) in [7, 11) is 0. The van der Waals surface area contributed by atoms with Crippen LogP contribution in [0.15, 0.2) is 48.5 Å². The number of aromatic nitrogens is 1. The average Bonchev–Trinajstić information content (AvgIpc) is 3.24. The zero-order chi connectivity index (χ0) is 19.0. The summed E-state index contributed by atoms with van der Waals surface area (Å²) in [4.78, 5) is 41.1. The van der Waals surface area contributed by atoms with Crippen LogP contribution in [0, 0.1) is 16.0 Å². The average molecular weight is 382 g/mol. The van der Waals surface area contributed by atoms with Crippen LogP contribution in [-0.2, 0) is 9.59 Å². The Morgan fingerprint density at radius 2 is 2.07 bits per heavy atom. The number of benzene rings is 2. The monoisotopic (exact) mass is 382 g/mol. The lowest BCUT2D eigenvalue weighted by Gasteiger charge is -2.16. The fourth-order valence-corrected chi connectivity index (χ4v) is 3.91. The molecule has 1 aliphatic rings. The summed E-state index contributed by atoms with van der Waals surface area (Å²) in [5.41, 5.74) is 1.13. The first-order chi connectivity index (χ1) is 13.0. The number of nitrogens with one attached hydrogen (secondary N) is 1. The summed E-state index contributed by atoms with van der Waals surface area (Å²) in [5.74, 6) is -1.06. The molecule has 136 valence electrons. The molecule has 1 fully saturated rings. The molecule has 1 saturated heterocycles.